The van der Waals surface area contributed by atoms with Crippen molar-refractivity contribution in [3.8, 4) is 11.5 Å². The van der Waals surface area contributed by atoms with Crippen LogP contribution in [-0.2, 0) is 22.5 Å². The lowest BCUT2D eigenvalue weighted by Gasteiger charge is -2.22. The molecule has 1 aliphatic heterocycles. The van der Waals surface area contributed by atoms with E-state index in [1.165, 1.54) is 11.0 Å². The molecule has 0 radical (unpaired) electrons. The third kappa shape index (κ3) is 5.20. The lowest BCUT2D eigenvalue weighted by molar-refractivity contribution is -0.136. The zero-order valence-electron chi connectivity index (χ0n) is 18.0. The number of hydrogen-bond donors (Lipinski definition) is 1. The highest BCUT2D eigenvalue weighted by Gasteiger charge is 2.40. The number of ether oxygens (including phenoxy) is 2. The molecule has 1 fully saturated rings. The molecule has 3 aromatic carbocycles. The molecule has 4 rings (SSSR count). The summed E-state index contributed by atoms with van der Waals surface area (Å²) in [6.07, 6.45) is -1.48. The van der Waals surface area contributed by atoms with Gasteiger partial charge in [-0.2, -0.15) is 0 Å². The smallest absolute Gasteiger partial charge is 0.411 e. The molecule has 0 unspecified atom stereocenters. The van der Waals surface area contributed by atoms with Gasteiger partial charge in [0.25, 0.3) is 0 Å². The first-order valence-electron chi connectivity index (χ1n) is 10.4. The van der Waals surface area contributed by atoms with Crippen molar-refractivity contribution in [2.75, 3.05) is 0 Å². The van der Waals surface area contributed by atoms with E-state index >= 15 is 0 Å². The van der Waals surface area contributed by atoms with Crippen LogP contribution < -0.4 is 4.74 Å². The molecule has 1 amide bonds. The summed E-state index contributed by atoms with van der Waals surface area (Å²) in [6, 6.07) is 15.1. The fourth-order valence-electron chi connectivity index (χ4n) is 3.82. The summed E-state index contributed by atoms with van der Waals surface area (Å²) >= 11 is 3.43. The number of carbonyl (C=O) groups excluding carboxylic acids is 1. The number of rotatable bonds is 7. The molecule has 1 heterocycles. The van der Waals surface area contributed by atoms with Crippen LogP contribution in [0.15, 0.2) is 65.1 Å². The van der Waals surface area contributed by atoms with E-state index in [4.69, 9.17) is 14.6 Å². The number of nitrogens with zero attached hydrogens (tertiary/aromatic N) is 1. The molecule has 2 atom stereocenters. The van der Waals surface area contributed by atoms with Crippen molar-refractivity contribution in [3.05, 3.63) is 93.5 Å². The van der Waals surface area contributed by atoms with Crippen LogP contribution in [0, 0.1) is 11.6 Å². The minimum Gasteiger partial charge on any atom is -0.481 e. The molecule has 6 nitrogen and oxygen atoms in total. The Bertz CT molecular complexity index is 1250. The molecular formula is C25H20BrF2NO5. The molecule has 3 aromatic rings. The van der Waals surface area contributed by atoms with E-state index in [-0.39, 0.29) is 13.0 Å². The van der Waals surface area contributed by atoms with Gasteiger partial charge < -0.3 is 14.6 Å². The van der Waals surface area contributed by atoms with Crippen LogP contribution in [0.4, 0.5) is 13.6 Å². The number of carboxylic acid groups (broad SMARTS) is 1. The molecule has 34 heavy (non-hydrogen) atoms. The maximum Gasteiger partial charge on any atom is 0.411 e. The second kappa shape index (κ2) is 9.80. The van der Waals surface area contributed by atoms with E-state index in [0.717, 1.165) is 16.6 Å². The van der Waals surface area contributed by atoms with Crippen molar-refractivity contribution in [1.82, 2.24) is 4.90 Å². The largest absolute Gasteiger partial charge is 0.481 e. The van der Waals surface area contributed by atoms with Gasteiger partial charge in [0.1, 0.15) is 17.6 Å². The Kier molecular flexibility index (Phi) is 6.83. The second-order valence-corrected chi connectivity index (χ2v) is 8.83. The van der Waals surface area contributed by atoms with Gasteiger partial charge in [0, 0.05) is 10.0 Å². The van der Waals surface area contributed by atoms with Crippen molar-refractivity contribution >= 4 is 28.0 Å². The van der Waals surface area contributed by atoms with Crippen LogP contribution in [0.5, 0.6) is 11.5 Å². The number of carbonyl (C=O) groups is 2. The molecule has 0 saturated carbocycles. The molecule has 1 aliphatic rings. The van der Waals surface area contributed by atoms with E-state index < -0.39 is 35.8 Å². The fraction of sp³-hybridized carbons (Fsp3) is 0.200. The maximum atomic E-state index is 13.7. The van der Waals surface area contributed by atoms with Gasteiger partial charge in [-0.1, -0.05) is 34.1 Å². The Morgan fingerprint density at radius 3 is 2.65 bits per heavy atom. The summed E-state index contributed by atoms with van der Waals surface area (Å²) < 4.78 is 39.3. The molecule has 1 N–H and O–H groups in total. The van der Waals surface area contributed by atoms with E-state index in [1.807, 2.05) is 0 Å². The minimum atomic E-state index is -1.01. The highest BCUT2D eigenvalue weighted by molar-refractivity contribution is 9.10. The number of halogens is 3. The van der Waals surface area contributed by atoms with Gasteiger partial charge in [0.2, 0.25) is 0 Å². The Hall–Kier alpha value is -3.46. The molecule has 0 bridgehead atoms. The van der Waals surface area contributed by atoms with Crippen LogP contribution in [-0.4, -0.2) is 28.1 Å². The van der Waals surface area contributed by atoms with Crippen LogP contribution in [0.2, 0.25) is 0 Å². The number of amides is 1. The summed E-state index contributed by atoms with van der Waals surface area (Å²) in [5.41, 5.74) is 1.63. The Morgan fingerprint density at radius 1 is 1.12 bits per heavy atom. The first-order chi connectivity index (χ1) is 16.2. The summed E-state index contributed by atoms with van der Waals surface area (Å²) in [6.45, 7) is 1.91. The van der Waals surface area contributed by atoms with Gasteiger partial charge in [0.05, 0.1) is 19.0 Å². The van der Waals surface area contributed by atoms with E-state index in [1.54, 1.807) is 49.4 Å². The van der Waals surface area contributed by atoms with Crippen molar-refractivity contribution in [3.63, 3.8) is 0 Å². The maximum absolute atomic E-state index is 13.7. The predicted octanol–water partition coefficient (Wildman–Crippen LogP) is 6.23. The first kappa shape index (κ1) is 23.7. The van der Waals surface area contributed by atoms with Gasteiger partial charge >= 0.3 is 12.1 Å². The van der Waals surface area contributed by atoms with Gasteiger partial charge in [0.15, 0.2) is 11.6 Å². The Morgan fingerprint density at radius 2 is 1.91 bits per heavy atom. The van der Waals surface area contributed by atoms with E-state index in [0.29, 0.717) is 28.2 Å². The van der Waals surface area contributed by atoms with E-state index in [9.17, 15) is 18.4 Å². The fourth-order valence-corrected chi connectivity index (χ4v) is 4.23. The zero-order chi connectivity index (χ0) is 24.4. The van der Waals surface area contributed by atoms with Crippen LogP contribution >= 0.6 is 15.9 Å². The average molecular weight is 532 g/mol. The Labute approximate surface area is 202 Å². The highest BCUT2D eigenvalue weighted by Crippen LogP contribution is 2.36. The standard InChI is InChI=1S/C25H20BrF2NO5/c1-14-24(16-5-7-20(27)21(28)12-16)34-25(32)29(14)13-17-11-18(26)6-8-22(17)33-19-4-2-3-15(9-19)10-23(30)31/h2-9,11-12,14,24H,10,13H2,1H3,(H,30,31)/t14-,24-/m0/s1. The molecular weight excluding hydrogens is 512 g/mol. The summed E-state index contributed by atoms with van der Waals surface area (Å²) in [5, 5.41) is 9.03. The molecule has 9 heteroatoms. The van der Waals surface area contributed by atoms with Gasteiger partial charge in [-0.3, -0.25) is 9.69 Å². The number of carboxylic acids is 1. The lowest BCUT2D eigenvalue weighted by atomic mass is 10.0. The van der Waals surface area contributed by atoms with Crippen LogP contribution in [0.1, 0.15) is 29.7 Å². The first-order valence-corrected chi connectivity index (χ1v) is 11.2. The number of benzene rings is 3. The number of hydrogen-bond acceptors (Lipinski definition) is 4. The molecule has 1 saturated heterocycles. The van der Waals surface area contributed by atoms with Gasteiger partial charge in [-0.05, 0) is 60.5 Å². The van der Waals surface area contributed by atoms with Gasteiger partial charge in [-0.25, -0.2) is 13.6 Å². The number of cyclic esters (lactones) is 1. The predicted molar refractivity (Wildman–Crippen MR) is 123 cm³/mol. The van der Waals surface area contributed by atoms with Crippen molar-refractivity contribution in [2.24, 2.45) is 0 Å². The number of aliphatic carboxylic acids is 1. The summed E-state index contributed by atoms with van der Waals surface area (Å²) in [7, 11) is 0. The lowest BCUT2D eigenvalue weighted by Crippen LogP contribution is -2.31. The van der Waals surface area contributed by atoms with Crippen LogP contribution in [0.3, 0.4) is 0 Å². The third-order valence-corrected chi connectivity index (χ3v) is 6.00. The average Bonchev–Trinajstić information content (AvgIpc) is 3.05. The third-order valence-electron chi connectivity index (χ3n) is 5.51. The topological polar surface area (TPSA) is 76.1 Å². The van der Waals surface area contributed by atoms with Gasteiger partial charge in [-0.15, -0.1) is 0 Å². The quantitative estimate of drug-likeness (QED) is 0.391. The monoisotopic (exact) mass is 531 g/mol. The molecule has 176 valence electrons. The van der Waals surface area contributed by atoms with Crippen molar-refractivity contribution in [2.45, 2.75) is 32.0 Å². The second-order valence-electron chi connectivity index (χ2n) is 7.92. The normalized spacial score (nSPS) is 17.5. The van der Waals surface area contributed by atoms with Crippen molar-refractivity contribution in [1.29, 1.82) is 0 Å². The SMILES string of the molecule is C[C@H]1[C@@H](c2ccc(F)c(F)c2)OC(=O)N1Cc1cc(Br)ccc1Oc1cccc(CC(=O)O)c1. The highest BCUT2D eigenvalue weighted by atomic mass is 79.9. The summed E-state index contributed by atoms with van der Waals surface area (Å²) in [4.78, 5) is 25.2. The summed E-state index contributed by atoms with van der Waals surface area (Å²) in [5.74, 6) is -1.99. The molecule has 0 aromatic heterocycles. The molecule has 0 spiro atoms. The minimum absolute atomic E-state index is 0.132. The zero-order valence-corrected chi connectivity index (χ0v) is 19.6. The molecule has 0 aliphatic carbocycles. The van der Waals surface area contributed by atoms with Crippen LogP contribution in [0.25, 0.3) is 0 Å². The Balaban J connectivity index is 1.57. The van der Waals surface area contributed by atoms with Crippen molar-refractivity contribution < 1.29 is 33.0 Å². The van der Waals surface area contributed by atoms with E-state index in [2.05, 4.69) is 15.9 Å².